The molecular formula is C18H27IN4OS. The molecule has 2 rings (SSSR count). The van der Waals surface area contributed by atoms with Gasteiger partial charge < -0.3 is 15.0 Å². The van der Waals surface area contributed by atoms with Gasteiger partial charge in [0.25, 0.3) is 0 Å². The maximum absolute atomic E-state index is 5.18. The van der Waals surface area contributed by atoms with Gasteiger partial charge in [0.15, 0.2) is 5.96 Å². The van der Waals surface area contributed by atoms with Crippen LogP contribution in [0.1, 0.15) is 22.7 Å². The van der Waals surface area contributed by atoms with Crippen molar-refractivity contribution in [2.45, 2.75) is 26.3 Å². The van der Waals surface area contributed by atoms with Crippen molar-refractivity contribution >= 4 is 41.3 Å². The van der Waals surface area contributed by atoms with Gasteiger partial charge >= 0.3 is 0 Å². The number of aryl methyl sites for hydroxylation is 2. The number of thiazole rings is 1. The van der Waals surface area contributed by atoms with E-state index in [1.165, 1.54) is 5.56 Å². The van der Waals surface area contributed by atoms with Crippen LogP contribution in [-0.2, 0) is 13.0 Å². The molecular weight excluding hydrogens is 447 g/mol. The molecule has 7 heteroatoms. The van der Waals surface area contributed by atoms with Crippen LogP contribution >= 0.6 is 35.3 Å². The molecule has 138 valence electrons. The number of aliphatic imine (C=N–C) groups is 1. The summed E-state index contributed by atoms with van der Waals surface area (Å²) in [6.07, 6.45) is 2.08. The highest BCUT2D eigenvalue weighted by molar-refractivity contribution is 14.0. The lowest BCUT2D eigenvalue weighted by atomic mass is 10.1. The number of hydrogen-bond acceptors (Lipinski definition) is 4. The Hall–Kier alpha value is -1.35. The molecule has 0 radical (unpaired) electrons. The lowest BCUT2D eigenvalue weighted by Gasteiger charge is -2.21. The number of guanidine groups is 1. The van der Waals surface area contributed by atoms with E-state index in [1.54, 1.807) is 18.4 Å². The predicted molar refractivity (Wildman–Crippen MR) is 116 cm³/mol. The Bertz CT molecular complexity index is 657. The standard InChI is InChI=1S/C18H26N4OS.HI/c1-14-21-16(13-24-14)12-22(3)18(19-2)20-11-5-6-15-7-9-17(23-4)10-8-15;/h7-10,13H,5-6,11-12H2,1-4H3,(H,19,20);1H. The quantitative estimate of drug-likeness (QED) is 0.288. The van der Waals surface area contributed by atoms with Crippen LogP contribution in [0.3, 0.4) is 0 Å². The smallest absolute Gasteiger partial charge is 0.193 e. The van der Waals surface area contributed by atoms with E-state index in [-0.39, 0.29) is 24.0 Å². The highest BCUT2D eigenvalue weighted by atomic mass is 127. The summed E-state index contributed by atoms with van der Waals surface area (Å²) in [5, 5.41) is 6.61. The maximum atomic E-state index is 5.18. The predicted octanol–water partition coefficient (Wildman–Crippen LogP) is 3.72. The third kappa shape index (κ3) is 7.19. The number of halogens is 1. The Kier molecular flexibility index (Phi) is 9.81. The van der Waals surface area contributed by atoms with Crippen molar-refractivity contribution in [3.8, 4) is 5.75 Å². The molecule has 1 aromatic heterocycles. The lowest BCUT2D eigenvalue weighted by Crippen LogP contribution is -2.39. The fourth-order valence-corrected chi connectivity index (χ4v) is 3.07. The summed E-state index contributed by atoms with van der Waals surface area (Å²) >= 11 is 1.68. The first kappa shape index (κ1) is 21.7. The van der Waals surface area contributed by atoms with E-state index in [2.05, 4.69) is 37.7 Å². The topological polar surface area (TPSA) is 49.8 Å². The van der Waals surface area contributed by atoms with Gasteiger partial charge in [0.2, 0.25) is 0 Å². The monoisotopic (exact) mass is 474 g/mol. The number of benzene rings is 1. The number of aromatic nitrogens is 1. The van der Waals surface area contributed by atoms with Gasteiger partial charge in [-0.25, -0.2) is 4.98 Å². The molecule has 0 aliphatic heterocycles. The second kappa shape index (κ2) is 11.3. The van der Waals surface area contributed by atoms with Gasteiger partial charge in [-0.1, -0.05) is 12.1 Å². The van der Waals surface area contributed by atoms with Crippen LogP contribution in [0.4, 0.5) is 0 Å². The van der Waals surface area contributed by atoms with Crippen LogP contribution in [-0.4, -0.2) is 43.6 Å². The van der Waals surface area contributed by atoms with E-state index in [1.807, 2.05) is 33.2 Å². The molecule has 0 amide bonds. The molecule has 0 unspecified atom stereocenters. The maximum Gasteiger partial charge on any atom is 0.193 e. The van der Waals surface area contributed by atoms with Crippen LogP contribution in [0.5, 0.6) is 5.75 Å². The number of methoxy groups -OCH3 is 1. The summed E-state index contributed by atoms with van der Waals surface area (Å²) in [4.78, 5) is 10.9. The van der Waals surface area contributed by atoms with Crippen LogP contribution in [0, 0.1) is 6.92 Å². The minimum Gasteiger partial charge on any atom is -0.497 e. The molecule has 0 saturated heterocycles. The Morgan fingerprint density at radius 2 is 2.04 bits per heavy atom. The fourth-order valence-electron chi connectivity index (χ4n) is 2.47. The molecule has 0 atom stereocenters. The Morgan fingerprint density at radius 3 is 2.60 bits per heavy atom. The Labute approximate surface area is 171 Å². The van der Waals surface area contributed by atoms with Crippen molar-refractivity contribution in [3.63, 3.8) is 0 Å². The van der Waals surface area contributed by atoms with Gasteiger partial charge in [-0.05, 0) is 37.5 Å². The number of ether oxygens (including phenoxy) is 1. The van der Waals surface area contributed by atoms with Crippen LogP contribution < -0.4 is 10.1 Å². The summed E-state index contributed by atoms with van der Waals surface area (Å²) in [6, 6.07) is 8.24. The van der Waals surface area contributed by atoms with Gasteiger partial charge in [-0.15, -0.1) is 35.3 Å². The molecule has 0 fully saturated rings. The third-order valence-corrected chi connectivity index (χ3v) is 4.55. The summed E-state index contributed by atoms with van der Waals surface area (Å²) < 4.78 is 5.18. The number of nitrogens with zero attached hydrogens (tertiary/aromatic N) is 3. The van der Waals surface area contributed by atoms with E-state index in [0.717, 1.165) is 48.3 Å². The van der Waals surface area contributed by atoms with E-state index < -0.39 is 0 Å². The molecule has 1 aromatic carbocycles. The van der Waals surface area contributed by atoms with Crippen LogP contribution in [0.2, 0.25) is 0 Å². The number of hydrogen-bond donors (Lipinski definition) is 1. The van der Waals surface area contributed by atoms with Crippen molar-refractivity contribution in [1.29, 1.82) is 0 Å². The fraction of sp³-hybridized carbons (Fsp3) is 0.444. The van der Waals surface area contributed by atoms with Gasteiger partial charge in [-0.2, -0.15) is 0 Å². The normalized spacial score (nSPS) is 11.0. The molecule has 1 heterocycles. The highest BCUT2D eigenvalue weighted by Crippen LogP contribution is 2.12. The number of nitrogens with one attached hydrogen (secondary N) is 1. The van der Waals surface area contributed by atoms with Gasteiger partial charge in [-0.3, -0.25) is 4.99 Å². The third-order valence-electron chi connectivity index (χ3n) is 3.72. The molecule has 0 aliphatic carbocycles. The van der Waals surface area contributed by atoms with Crippen LogP contribution in [0.25, 0.3) is 0 Å². The summed E-state index contributed by atoms with van der Waals surface area (Å²) in [5.74, 6) is 1.80. The van der Waals surface area contributed by atoms with Gasteiger partial charge in [0.05, 0.1) is 24.4 Å². The zero-order chi connectivity index (χ0) is 17.4. The van der Waals surface area contributed by atoms with E-state index in [9.17, 15) is 0 Å². The van der Waals surface area contributed by atoms with E-state index >= 15 is 0 Å². The minimum absolute atomic E-state index is 0. The average Bonchev–Trinajstić information content (AvgIpc) is 3.00. The first-order valence-electron chi connectivity index (χ1n) is 8.08. The largest absolute Gasteiger partial charge is 0.497 e. The van der Waals surface area contributed by atoms with Crippen molar-refractivity contribution in [3.05, 3.63) is 45.9 Å². The summed E-state index contributed by atoms with van der Waals surface area (Å²) in [5.41, 5.74) is 2.40. The molecule has 1 N–H and O–H groups in total. The molecule has 2 aromatic rings. The second-order valence-electron chi connectivity index (χ2n) is 5.64. The first-order valence-corrected chi connectivity index (χ1v) is 8.96. The van der Waals surface area contributed by atoms with Gasteiger partial charge in [0.1, 0.15) is 5.75 Å². The zero-order valence-corrected chi connectivity index (χ0v) is 18.4. The SMILES string of the molecule is CN=C(NCCCc1ccc(OC)cc1)N(C)Cc1csc(C)n1.I. The van der Waals surface area contributed by atoms with E-state index in [4.69, 9.17) is 4.74 Å². The highest BCUT2D eigenvalue weighted by Gasteiger charge is 2.08. The first-order chi connectivity index (χ1) is 11.6. The minimum atomic E-state index is 0. The number of rotatable bonds is 7. The summed E-state index contributed by atoms with van der Waals surface area (Å²) in [7, 11) is 5.54. The molecule has 0 aliphatic rings. The Balaban J connectivity index is 0.00000312. The second-order valence-corrected chi connectivity index (χ2v) is 6.70. The zero-order valence-electron chi connectivity index (χ0n) is 15.3. The van der Waals surface area contributed by atoms with Crippen LogP contribution in [0.15, 0.2) is 34.6 Å². The summed E-state index contributed by atoms with van der Waals surface area (Å²) in [6.45, 7) is 3.68. The van der Waals surface area contributed by atoms with Crippen molar-refractivity contribution < 1.29 is 4.74 Å². The molecule has 5 nitrogen and oxygen atoms in total. The van der Waals surface area contributed by atoms with Crippen molar-refractivity contribution in [1.82, 2.24) is 15.2 Å². The average molecular weight is 474 g/mol. The van der Waals surface area contributed by atoms with E-state index in [0.29, 0.717) is 0 Å². The van der Waals surface area contributed by atoms with Crippen molar-refractivity contribution in [2.75, 3.05) is 27.7 Å². The van der Waals surface area contributed by atoms with Crippen molar-refractivity contribution in [2.24, 2.45) is 4.99 Å². The molecule has 0 saturated carbocycles. The molecule has 0 bridgehead atoms. The Morgan fingerprint density at radius 1 is 1.32 bits per heavy atom. The molecule has 0 spiro atoms. The van der Waals surface area contributed by atoms with Gasteiger partial charge in [0, 0.05) is 26.0 Å². The lowest BCUT2D eigenvalue weighted by molar-refractivity contribution is 0.414. The molecule has 25 heavy (non-hydrogen) atoms.